The Balaban J connectivity index is 2.32. The number of rotatable bonds is 4. The zero-order chi connectivity index (χ0) is 13.0. The lowest BCUT2D eigenvalue weighted by Crippen LogP contribution is -2.06. The van der Waals surface area contributed by atoms with Crippen LogP contribution in [0.4, 0.5) is 0 Å². The van der Waals surface area contributed by atoms with E-state index in [1.807, 2.05) is 24.3 Å². The molecule has 0 atom stereocenters. The summed E-state index contributed by atoms with van der Waals surface area (Å²) in [4.78, 5) is 16.6. The zero-order valence-corrected chi connectivity index (χ0v) is 10.9. The van der Waals surface area contributed by atoms with Crippen LogP contribution in [0.25, 0.3) is 10.4 Å². The molecule has 2 aromatic rings. The number of esters is 1. The molecule has 0 unspecified atom stereocenters. The van der Waals surface area contributed by atoms with E-state index < -0.39 is 0 Å². The molecule has 1 aromatic carbocycles. The quantitative estimate of drug-likeness (QED) is 0.859. The summed E-state index contributed by atoms with van der Waals surface area (Å²) in [6.45, 7) is 2.63. The van der Waals surface area contributed by atoms with E-state index in [4.69, 9.17) is 10.5 Å². The van der Waals surface area contributed by atoms with Crippen molar-refractivity contribution in [2.45, 2.75) is 13.5 Å². The summed E-state index contributed by atoms with van der Waals surface area (Å²) in [7, 11) is 0. The summed E-state index contributed by atoms with van der Waals surface area (Å²) in [6.07, 6.45) is 0. The van der Waals surface area contributed by atoms with Gasteiger partial charge in [-0.2, -0.15) is 0 Å². The SMILES string of the molecule is CCOC(=O)c1ncsc1-c1ccc(CN)cc1. The minimum Gasteiger partial charge on any atom is -0.461 e. The molecule has 2 rings (SSSR count). The third kappa shape index (κ3) is 2.57. The van der Waals surface area contributed by atoms with Crippen molar-refractivity contribution in [2.75, 3.05) is 6.61 Å². The second kappa shape index (κ2) is 5.75. The summed E-state index contributed by atoms with van der Waals surface area (Å²) < 4.78 is 4.98. The molecule has 1 heterocycles. The molecule has 4 nitrogen and oxygen atoms in total. The van der Waals surface area contributed by atoms with Crippen LogP contribution in [0.3, 0.4) is 0 Å². The van der Waals surface area contributed by atoms with Crippen LogP contribution in [0.2, 0.25) is 0 Å². The van der Waals surface area contributed by atoms with Crippen LogP contribution in [0, 0.1) is 0 Å². The second-order valence-corrected chi connectivity index (χ2v) is 4.51. The maximum Gasteiger partial charge on any atom is 0.358 e. The summed E-state index contributed by atoms with van der Waals surface area (Å²) in [5, 5.41) is 0. The van der Waals surface area contributed by atoms with Gasteiger partial charge in [0.2, 0.25) is 0 Å². The minimum atomic E-state index is -0.378. The molecule has 1 aromatic heterocycles. The lowest BCUT2D eigenvalue weighted by atomic mass is 10.1. The Hall–Kier alpha value is -1.72. The molecule has 0 spiro atoms. The first-order chi connectivity index (χ1) is 8.76. The third-order valence-electron chi connectivity index (χ3n) is 2.49. The van der Waals surface area contributed by atoms with Crippen molar-refractivity contribution in [1.29, 1.82) is 0 Å². The summed E-state index contributed by atoms with van der Waals surface area (Å²) >= 11 is 1.43. The highest BCUT2D eigenvalue weighted by molar-refractivity contribution is 7.13. The van der Waals surface area contributed by atoms with Crippen LogP contribution in [0.15, 0.2) is 29.8 Å². The second-order valence-electron chi connectivity index (χ2n) is 3.65. The number of aromatic nitrogens is 1. The first-order valence-corrected chi connectivity index (χ1v) is 6.54. The van der Waals surface area contributed by atoms with E-state index in [0.29, 0.717) is 18.8 Å². The Morgan fingerprint density at radius 1 is 1.39 bits per heavy atom. The number of benzene rings is 1. The van der Waals surface area contributed by atoms with E-state index >= 15 is 0 Å². The molecule has 0 amide bonds. The Morgan fingerprint density at radius 3 is 2.72 bits per heavy atom. The van der Waals surface area contributed by atoms with Crippen molar-refractivity contribution < 1.29 is 9.53 Å². The van der Waals surface area contributed by atoms with Crippen LogP contribution in [-0.2, 0) is 11.3 Å². The Bertz CT molecular complexity index is 534. The van der Waals surface area contributed by atoms with Crippen molar-refractivity contribution in [2.24, 2.45) is 5.73 Å². The van der Waals surface area contributed by atoms with Gasteiger partial charge in [0.1, 0.15) is 0 Å². The predicted octanol–water partition coefficient (Wildman–Crippen LogP) is 2.45. The highest BCUT2D eigenvalue weighted by Crippen LogP contribution is 2.28. The highest BCUT2D eigenvalue weighted by Gasteiger charge is 2.17. The number of thiazole rings is 1. The number of hydrogen-bond acceptors (Lipinski definition) is 5. The fraction of sp³-hybridized carbons (Fsp3) is 0.231. The number of nitrogens with zero attached hydrogens (tertiary/aromatic N) is 1. The molecule has 0 aliphatic carbocycles. The van der Waals surface area contributed by atoms with Crippen LogP contribution in [0.5, 0.6) is 0 Å². The van der Waals surface area contributed by atoms with Gasteiger partial charge in [-0.3, -0.25) is 0 Å². The molecule has 0 bridgehead atoms. The molecule has 0 aliphatic rings. The molecule has 0 fully saturated rings. The topological polar surface area (TPSA) is 65.2 Å². The first kappa shape index (κ1) is 12.7. The van der Waals surface area contributed by atoms with Gasteiger partial charge >= 0.3 is 5.97 Å². The molecule has 2 N–H and O–H groups in total. The first-order valence-electron chi connectivity index (χ1n) is 5.66. The fourth-order valence-corrected chi connectivity index (χ4v) is 2.37. The molecule has 0 saturated carbocycles. The molecule has 94 valence electrons. The predicted molar refractivity (Wildman–Crippen MR) is 71.4 cm³/mol. The monoisotopic (exact) mass is 262 g/mol. The van der Waals surface area contributed by atoms with Crippen molar-refractivity contribution >= 4 is 17.3 Å². The van der Waals surface area contributed by atoms with Crippen LogP contribution in [0.1, 0.15) is 23.0 Å². The van der Waals surface area contributed by atoms with E-state index in [9.17, 15) is 4.79 Å². The van der Waals surface area contributed by atoms with Gasteiger partial charge in [-0.25, -0.2) is 9.78 Å². The molecule has 0 radical (unpaired) electrons. The van der Waals surface area contributed by atoms with E-state index in [1.165, 1.54) is 11.3 Å². The average molecular weight is 262 g/mol. The van der Waals surface area contributed by atoms with E-state index in [0.717, 1.165) is 16.0 Å². The zero-order valence-electron chi connectivity index (χ0n) is 10.1. The number of hydrogen-bond donors (Lipinski definition) is 1. The molecule has 5 heteroatoms. The maximum absolute atomic E-state index is 11.7. The van der Waals surface area contributed by atoms with Gasteiger partial charge in [0, 0.05) is 6.54 Å². The van der Waals surface area contributed by atoms with Crippen LogP contribution < -0.4 is 5.73 Å². The van der Waals surface area contributed by atoms with Gasteiger partial charge in [0.25, 0.3) is 0 Å². The van der Waals surface area contributed by atoms with E-state index in [1.54, 1.807) is 12.4 Å². The minimum absolute atomic E-state index is 0.349. The van der Waals surface area contributed by atoms with Gasteiger partial charge in [-0.1, -0.05) is 24.3 Å². The summed E-state index contributed by atoms with van der Waals surface area (Å²) in [5.41, 5.74) is 9.59. The van der Waals surface area contributed by atoms with Crippen molar-refractivity contribution in [3.05, 3.63) is 41.0 Å². The number of carbonyl (C=O) groups excluding carboxylic acids is 1. The third-order valence-corrected chi connectivity index (χ3v) is 3.36. The van der Waals surface area contributed by atoms with Gasteiger partial charge in [-0.15, -0.1) is 11.3 Å². The van der Waals surface area contributed by atoms with Crippen molar-refractivity contribution in [1.82, 2.24) is 4.98 Å². The lowest BCUT2D eigenvalue weighted by Gasteiger charge is -2.03. The fourth-order valence-electron chi connectivity index (χ4n) is 1.59. The highest BCUT2D eigenvalue weighted by atomic mass is 32.1. The van der Waals surface area contributed by atoms with Gasteiger partial charge < -0.3 is 10.5 Å². The average Bonchev–Trinajstić information content (AvgIpc) is 2.88. The normalized spacial score (nSPS) is 10.3. The Labute approximate surface area is 109 Å². The van der Waals surface area contributed by atoms with Crippen LogP contribution >= 0.6 is 11.3 Å². The smallest absolute Gasteiger partial charge is 0.358 e. The van der Waals surface area contributed by atoms with Crippen molar-refractivity contribution in [3.63, 3.8) is 0 Å². The number of ether oxygens (including phenoxy) is 1. The van der Waals surface area contributed by atoms with Gasteiger partial charge in [0.05, 0.1) is 17.0 Å². The van der Waals surface area contributed by atoms with Crippen LogP contribution in [-0.4, -0.2) is 17.6 Å². The molecule has 18 heavy (non-hydrogen) atoms. The van der Waals surface area contributed by atoms with Gasteiger partial charge in [-0.05, 0) is 18.1 Å². The molecular formula is C13H14N2O2S. The Kier molecular flexibility index (Phi) is 4.07. The van der Waals surface area contributed by atoms with Gasteiger partial charge in [0.15, 0.2) is 5.69 Å². The van der Waals surface area contributed by atoms with Crippen molar-refractivity contribution in [3.8, 4) is 10.4 Å². The largest absolute Gasteiger partial charge is 0.461 e. The number of nitrogens with two attached hydrogens (primary N) is 1. The summed E-state index contributed by atoms with van der Waals surface area (Å²) in [5.74, 6) is -0.378. The standard InChI is InChI=1S/C13H14N2O2S/c1-2-17-13(16)11-12(18-8-15-11)10-5-3-9(7-14)4-6-10/h3-6,8H,2,7,14H2,1H3. The van der Waals surface area contributed by atoms with E-state index in [2.05, 4.69) is 4.98 Å². The lowest BCUT2D eigenvalue weighted by molar-refractivity contribution is 0.0521. The van der Waals surface area contributed by atoms with E-state index in [-0.39, 0.29) is 5.97 Å². The maximum atomic E-state index is 11.7. The molecule has 0 aliphatic heterocycles. The molecular weight excluding hydrogens is 248 g/mol. The molecule has 0 saturated heterocycles. The Morgan fingerprint density at radius 2 is 2.11 bits per heavy atom. The number of carbonyl (C=O) groups is 1. The summed E-state index contributed by atoms with van der Waals surface area (Å²) in [6, 6.07) is 7.78.